The number of amides is 2. The highest BCUT2D eigenvalue weighted by atomic mass is 16.6. The fourth-order valence-electron chi connectivity index (χ4n) is 3.64. The van der Waals surface area contributed by atoms with Crippen molar-refractivity contribution >= 4 is 17.7 Å². The number of esters is 1. The normalized spacial score (nSPS) is 22.6. The van der Waals surface area contributed by atoms with Crippen LogP contribution in [-0.2, 0) is 9.53 Å². The molecule has 3 rings (SSSR count). The number of carbonyl (C=O) groups is 2. The Morgan fingerprint density at radius 3 is 2.46 bits per heavy atom. The molecule has 1 aromatic rings. The molecule has 24 heavy (non-hydrogen) atoms. The number of ether oxygens (including phenoxy) is 2. The molecule has 6 heteroatoms. The fraction of sp³-hybridized carbons (Fsp3) is 0.556. The van der Waals surface area contributed by atoms with Crippen LogP contribution in [0, 0.1) is 11.8 Å². The van der Waals surface area contributed by atoms with Gasteiger partial charge in [0.1, 0.15) is 5.75 Å². The third-order valence-corrected chi connectivity index (χ3v) is 4.83. The summed E-state index contributed by atoms with van der Waals surface area (Å²) in [6.07, 6.45) is 5.06. The van der Waals surface area contributed by atoms with Gasteiger partial charge in [-0.05, 0) is 55.4 Å². The first-order chi connectivity index (χ1) is 11.6. The highest BCUT2D eigenvalue weighted by Gasteiger charge is 2.32. The van der Waals surface area contributed by atoms with E-state index in [1.54, 1.807) is 24.3 Å². The van der Waals surface area contributed by atoms with E-state index < -0.39 is 5.97 Å². The van der Waals surface area contributed by atoms with Gasteiger partial charge in [0, 0.05) is 18.8 Å². The van der Waals surface area contributed by atoms with Gasteiger partial charge >= 0.3 is 12.0 Å². The second-order valence-electron chi connectivity index (χ2n) is 6.62. The molecule has 0 unspecified atom stereocenters. The number of rotatable bonds is 4. The van der Waals surface area contributed by atoms with Gasteiger partial charge in [-0.15, -0.1) is 0 Å². The summed E-state index contributed by atoms with van der Waals surface area (Å²) in [6, 6.07) is 6.97. The van der Waals surface area contributed by atoms with E-state index in [0.29, 0.717) is 17.6 Å². The van der Waals surface area contributed by atoms with E-state index in [4.69, 9.17) is 4.74 Å². The summed E-state index contributed by atoms with van der Waals surface area (Å²) in [4.78, 5) is 25.4. The Morgan fingerprint density at radius 2 is 1.83 bits per heavy atom. The van der Waals surface area contributed by atoms with E-state index >= 15 is 0 Å². The summed E-state index contributed by atoms with van der Waals surface area (Å²) in [7, 11) is 1.32. The number of nitrogens with zero attached hydrogens (tertiary/aromatic N) is 1. The average Bonchev–Trinajstić information content (AvgIpc) is 2.60. The van der Waals surface area contributed by atoms with Crippen LogP contribution in [0.4, 0.5) is 10.5 Å². The lowest BCUT2D eigenvalue weighted by Crippen LogP contribution is -2.47. The minimum Gasteiger partial charge on any atom is -0.482 e. The number of benzene rings is 1. The van der Waals surface area contributed by atoms with E-state index in [2.05, 4.69) is 10.1 Å². The molecule has 1 aliphatic heterocycles. The molecule has 2 amide bonds. The maximum Gasteiger partial charge on any atom is 0.343 e. The van der Waals surface area contributed by atoms with Gasteiger partial charge < -0.3 is 19.7 Å². The van der Waals surface area contributed by atoms with Gasteiger partial charge in [-0.3, -0.25) is 0 Å². The van der Waals surface area contributed by atoms with Crippen molar-refractivity contribution < 1.29 is 19.1 Å². The number of methoxy groups -OCH3 is 1. The van der Waals surface area contributed by atoms with Crippen LogP contribution >= 0.6 is 0 Å². The molecule has 1 N–H and O–H groups in total. The highest BCUT2D eigenvalue weighted by Crippen LogP contribution is 2.34. The first kappa shape index (κ1) is 16.6. The van der Waals surface area contributed by atoms with Gasteiger partial charge in [-0.25, -0.2) is 9.59 Å². The smallest absolute Gasteiger partial charge is 0.343 e. The van der Waals surface area contributed by atoms with Gasteiger partial charge in [0.15, 0.2) is 6.61 Å². The second-order valence-corrected chi connectivity index (χ2v) is 6.62. The Balaban J connectivity index is 1.52. The lowest BCUT2D eigenvalue weighted by Gasteiger charge is -2.41. The molecule has 2 fully saturated rings. The number of nitrogens with one attached hydrogen (secondary N) is 1. The second kappa shape index (κ2) is 7.55. The Labute approximate surface area is 142 Å². The molecule has 2 atom stereocenters. The summed E-state index contributed by atoms with van der Waals surface area (Å²) in [5, 5.41) is 2.94. The number of piperidine rings is 1. The third kappa shape index (κ3) is 4.19. The molecular formula is C18H24N2O4. The lowest BCUT2D eigenvalue weighted by atomic mass is 9.78. The van der Waals surface area contributed by atoms with Crippen molar-refractivity contribution in [2.45, 2.75) is 25.7 Å². The number of anilines is 1. The average molecular weight is 332 g/mol. The summed E-state index contributed by atoms with van der Waals surface area (Å²) in [5.74, 6) is 1.46. The maximum atomic E-state index is 12.5. The van der Waals surface area contributed by atoms with Crippen LogP contribution < -0.4 is 10.1 Å². The molecule has 2 aliphatic rings. The van der Waals surface area contributed by atoms with Crippen LogP contribution in [0.25, 0.3) is 0 Å². The molecule has 0 radical (unpaired) electrons. The fourth-order valence-corrected chi connectivity index (χ4v) is 3.64. The van der Waals surface area contributed by atoms with Crippen LogP contribution in [-0.4, -0.2) is 43.7 Å². The summed E-state index contributed by atoms with van der Waals surface area (Å²) >= 11 is 0. The van der Waals surface area contributed by atoms with Gasteiger partial charge in [0.05, 0.1) is 7.11 Å². The monoisotopic (exact) mass is 332 g/mol. The summed E-state index contributed by atoms with van der Waals surface area (Å²) < 4.78 is 9.81. The molecule has 1 aliphatic carbocycles. The summed E-state index contributed by atoms with van der Waals surface area (Å²) in [6.45, 7) is 1.60. The number of urea groups is 1. The van der Waals surface area contributed by atoms with Gasteiger partial charge in [0.25, 0.3) is 0 Å². The van der Waals surface area contributed by atoms with Crippen molar-refractivity contribution in [1.29, 1.82) is 0 Å². The van der Waals surface area contributed by atoms with Crippen molar-refractivity contribution in [1.82, 2.24) is 4.90 Å². The number of hydrogen-bond acceptors (Lipinski definition) is 4. The van der Waals surface area contributed by atoms with Gasteiger partial charge in [-0.2, -0.15) is 0 Å². The Morgan fingerprint density at radius 1 is 1.17 bits per heavy atom. The molecule has 1 heterocycles. The molecule has 1 saturated carbocycles. The van der Waals surface area contributed by atoms with E-state index in [1.807, 2.05) is 4.90 Å². The van der Waals surface area contributed by atoms with Gasteiger partial charge in [0.2, 0.25) is 0 Å². The first-order valence-electron chi connectivity index (χ1n) is 8.49. The molecule has 2 bridgehead atoms. The van der Waals surface area contributed by atoms with Crippen molar-refractivity contribution in [3.8, 4) is 5.75 Å². The molecular weight excluding hydrogens is 308 g/mol. The minimum absolute atomic E-state index is 0.0326. The predicted octanol–water partition coefficient (Wildman–Crippen LogP) is 2.89. The van der Waals surface area contributed by atoms with Crippen molar-refractivity contribution in [2.24, 2.45) is 11.8 Å². The number of carbonyl (C=O) groups excluding carboxylic acids is 2. The van der Waals surface area contributed by atoms with Crippen molar-refractivity contribution in [2.75, 3.05) is 32.1 Å². The predicted molar refractivity (Wildman–Crippen MR) is 90.0 cm³/mol. The zero-order chi connectivity index (χ0) is 16.9. The van der Waals surface area contributed by atoms with Crippen LogP contribution in [0.15, 0.2) is 24.3 Å². The number of likely N-dealkylation sites (tertiary alicyclic amines) is 1. The van der Waals surface area contributed by atoms with E-state index in [9.17, 15) is 9.59 Å². The molecule has 1 aromatic carbocycles. The van der Waals surface area contributed by atoms with Crippen LogP contribution in [0.3, 0.4) is 0 Å². The quantitative estimate of drug-likeness (QED) is 0.861. The van der Waals surface area contributed by atoms with Crippen molar-refractivity contribution in [3.05, 3.63) is 24.3 Å². The van der Waals surface area contributed by atoms with Gasteiger partial charge in [-0.1, -0.05) is 6.42 Å². The Hall–Kier alpha value is -2.24. The van der Waals surface area contributed by atoms with Crippen molar-refractivity contribution in [3.63, 3.8) is 0 Å². The topological polar surface area (TPSA) is 67.9 Å². The highest BCUT2D eigenvalue weighted by molar-refractivity contribution is 5.89. The van der Waals surface area contributed by atoms with Crippen LogP contribution in [0.5, 0.6) is 5.75 Å². The minimum atomic E-state index is -0.428. The third-order valence-electron chi connectivity index (χ3n) is 4.83. The van der Waals surface area contributed by atoms with Crippen LogP contribution in [0.1, 0.15) is 25.7 Å². The molecule has 6 nitrogen and oxygen atoms in total. The largest absolute Gasteiger partial charge is 0.482 e. The number of hydrogen-bond donors (Lipinski definition) is 1. The zero-order valence-corrected chi connectivity index (χ0v) is 14.0. The number of fused-ring (bicyclic) bond motifs is 2. The maximum absolute atomic E-state index is 12.5. The van der Waals surface area contributed by atoms with Crippen LogP contribution in [0.2, 0.25) is 0 Å². The van der Waals surface area contributed by atoms with E-state index in [0.717, 1.165) is 18.8 Å². The molecule has 0 aromatic heterocycles. The van der Waals surface area contributed by atoms with E-state index in [1.165, 1.54) is 32.8 Å². The zero-order valence-electron chi connectivity index (χ0n) is 14.0. The molecule has 0 spiro atoms. The first-order valence-corrected chi connectivity index (χ1v) is 8.49. The Bertz CT molecular complexity index is 575. The lowest BCUT2D eigenvalue weighted by molar-refractivity contribution is -0.142. The summed E-state index contributed by atoms with van der Waals surface area (Å²) in [5.41, 5.74) is 0.723. The van der Waals surface area contributed by atoms with E-state index in [-0.39, 0.29) is 12.6 Å². The SMILES string of the molecule is COC(=O)COc1ccc(NC(=O)N2C[C@@H]3CCC[C@H](C3)C2)cc1. The standard InChI is InChI=1S/C18H24N2O4/c1-23-17(21)12-24-16-7-5-15(6-8-16)19-18(22)20-10-13-3-2-4-14(9-13)11-20/h5-8,13-14H,2-4,9-12H2,1H3,(H,19,22)/t13-,14-/m1/s1. The molecule has 1 saturated heterocycles. The Kier molecular flexibility index (Phi) is 5.23. The molecule has 130 valence electrons.